The van der Waals surface area contributed by atoms with Crippen LogP contribution in [-0.2, 0) is 11.2 Å². The van der Waals surface area contributed by atoms with Gasteiger partial charge in [0.1, 0.15) is 5.58 Å². The van der Waals surface area contributed by atoms with Gasteiger partial charge in [-0.25, -0.2) is 0 Å². The van der Waals surface area contributed by atoms with Gasteiger partial charge in [-0.2, -0.15) is 0 Å². The van der Waals surface area contributed by atoms with Gasteiger partial charge in [0, 0.05) is 26.7 Å². The van der Waals surface area contributed by atoms with E-state index in [0.29, 0.717) is 15.7 Å². The minimum Gasteiger partial charge on any atom is -0.464 e. The summed E-state index contributed by atoms with van der Waals surface area (Å²) < 4.78 is 5.52. The molecule has 0 atom stereocenters. The van der Waals surface area contributed by atoms with E-state index in [1.54, 1.807) is 18.4 Å². The number of hydrogen-bond donors (Lipinski definition) is 1. The fourth-order valence-electron chi connectivity index (χ4n) is 2.43. The molecule has 0 fully saturated rings. The molecule has 0 aliphatic carbocycles. The number of nitrogens with one attached hydrogen (secondary N) is 1. The van der Waals surface area contributed by atoms with Crippen LogP contribution in [0.5, 0.6) is 0 Å². The average Bonchev–Trinajstić information content (AvgIpc) is 2.85. The molecule has 1 amide bonds. The molecule has 5 heteroatoms. The number of rotatable bonds is 3. The van der Waals surface area contributed by atoms with Gasteiger partial charge in [0.2, 0.25) is 5.91 Å². The van der Waals surface area contributed by atoms with Crippen LogP contribution in [0.15, 0.2) is 41.0 Å². The second-order valence-electron chi connectivity index (χ2n) is 5.54. The van der Waals surface area contributed by atoms with Crippen molar-refractivity contribution in [2.75, 3.05) is 5.32 Å². The monoisotopic (exact) mass is 347 g/mol. The van der Waals surface area contributed by atoms with E-state index in [-0.39, 0.29) is 12.3 Å². The Hall–Kier alpha value is -1.97. The molecule has 0 unspecified atom stereocenters. The number of furan rings is 1. The Kier molecular flexibility index (Phi) is 4.33. The third-order valence-corrected chi connectivity index (χ3v) is 4.40. The van der Waals surface area contributed by atoms with Crippen LogP contribution in [0.25, 0.3) is 11.0 Å². The zero-order valence-electron chi connectivity index (χ0n) is 12.7. The number of hydrogen-bond acceptors (Lipinski definition) is 2. The van der Waals surface area contributed by atoms with E-state index in [4.69, 9.17) is 27.6 Å². The highest BCUT2D eigenvalue weighted by atomic mass is 35.5. The molecule has 0 radical (unpaired) electrons. The van der Waals surface area contributed by atoms with Gasteiger partial charge >= 0.3 is 0 Å². The van der Waals surface area contributed by atoms with Gasteiger partial charge in [0.15, 0.2) is 0 Å². The van der Waals surface area contributed by atoms with E-state index < -0.39 is 0 Å². The maximum Gasteiger partial charge on any atom is 0.228 e. The quantitative estimate of drug-likeness (QED) is 0.675. The third kappa shape index (κ3) is 3.36. The molecule has 1 heterocycles. The Labute approximate surface area is 144 Å². The highest BCUT2D eigenvalue weighted by Gasteiger charge is 2.13. The summed E-state index contributed by atoms with van der Waals surface area (Å²) in [5.74, 6) is -0.130. The first-order valence-electron chi connectivity index (χ1n) is 7.16. The number of amides is 1. The summed E-state index contributed by atoms with van der Waals surface area (Å²) in [5.41, 5.74) is 4.15. The van der Waals surface area contributed by atoms with Gasteiger partial charge in [0.05, 0.1) is 12.7 Å². The molecule has 3 aromatic rings. The lowest BCUT2D eigenvalue weighted by molar-refractivity contribution is -0.115. The zero-order chi connectivity index (χ0) is 16.6. The van der Waals surface area contributed by atoms with Crippen molar-refractivity contribution in [3.8, 4) is 0 Å². The molecule has 23 heavy (non-hydrogen) atoms. The van der Waals surface area contributed by atoms with Crippen LogP contribution in [0.2, 0.25) is 10.0 Å². The second-order valence-corrected chi connectivity index (χ2v) is 6.39. The highest BCUT2D eigenvalue weighted by molar-refractivity contribution is 6.32. The summed E-state index contributed by atoms with van der Waals surface area (Å²) in [5, 5.41) is 4.99. The number of aryl methyl sites for hydroxylation is 2. The fourth-order valence-corrected chi connectivity index (χ4v) is 2.77. The lowest BCUT2D eigenvalue weighted by Crippen LogP contribution is -2.15. The Balaban J connectivity index is 1.83. The molecular weight excluding hydrogens is 333 g/mol. The van der Waals surface area contributed by atoms with Crippen molar-refractivity contribution >= 4 is 45.8 Å². The summed E-state index contributed by atoms with van der Waals surface area (Å²) in [6, 6.07) is 9.11. The number of anilines is 1. The van der Waals surface area contributed by atoms with Crippen molar-refractivity contribution in [3.63, 3.8) is 0 Å². The molecule has 0 aliphatic heterocycles. The summed E-state index contributed by atoms with van der Waals surface area (Å²) in [7, 11) is 0. The molecule has 3 rings (SSSR count). The zero-order valence-corrected chi connectivity index (χ0v) is 14.3. The van der Waals surface area contributed by atoms with Gasteiger partial charge < -0.3 is 9.73 Å². The molecule has 0 bridgehead atoms. The van der Waals surface area contributed by atoms with Gasteiger partial charge in [-0.05, 0) is 49.2 Å². The first-order chi connectivity index (χ1) is 10.9. The third-order valence-electron chi connectivity index (χ3n) is 3.76. The van der Waals surface area contributed by atoms with E-state index in [1.165, 1.54) is 0 Å². The van der Waals surface area contributed by atoms with Crippen LogP contribution in [0.1, 0.15) is 16.7 Å². The number of carbonyl (C=O) groups is 1. The molecule has 0 saturated carbocycles. The largest absolute Gasteiger partial charge is 0.464 e. The predicted molar refractivity (Wildman–Crippen MR) is 94.5 cm³/mol. The van der Waals surface area contributed by atoms with Gasteiger partial charge in [-0.1, -0.05) is 29.3 Å². The predicted octanol–water partition coefficient (Wildman–Crippen LogP) is 5.54. The second kappa shape index (κ2) is 6.26. The van der Waals surface area contributed by atoms with Crippen LogP contribution >= 0.6 is 23.2 Å². The van der Waals surface area contributed by atoms with E-state index in [9.17, 15) is 4.79 Å². The molecule has 0 aliphatic rings. The van der Waals surface area contributed by atoms with Crippen molar-refractivity contribution in [2.45, 2.75) is 20.3 Å². The van der Waals surface area contributed by atoms with Crippen molar-refractivity contribution in [1.29, 1.82) is 0 Å². The van der Waals surface area contributed by atoms with Gasteiger partial charge in [0.25, 0.3) is 0 Å². The number of fused-ring (bicyclic) bond motifs is 1. The van der Waals surface area contributed by atoms with Crippen molar-refractivity contribution in [1.82, 2.24) is 0 Å². The summed E-state index contributed by atoms with van der Waals surface area (Å²) in [6.45, 7) is 3.83. The summed E-state index contributed by atoms with van der Waals surface area (Å²) >= 11 is 12.1. The standard InChI is InChI=1S/C18H15Cl2NO2/c1-10-3-4-13(19)7-16(10)21-18(22)6-12-9-23-17-5-11(2)15(20)8-14(12)17/h3-5,7-9H,6H2,1-2H3,(H,21,22). The van der Waals surface area contributed by atoms with Crippen LogP contribution < -0.4 is 5.32 Å². The van der Waals surface area contributed by atoms with E-state index in [0.717, 1.165) is 27.7 Å². The van der Waals surface area contributed by atoms with E-state index in [2.05, 4.69) is 5.32 Å². The molecular formula is C18H15Cl2NO2. The van der Waals surface area contributed by atoms with Crippen LogP contribution in [0.4, 0.5) is 5.69 Å². The first kappa shape index (κ1) is 15.9. The maximum atomic E-state index is 12.3. The molecule has 118 valence electrons. The smallest absolute Gasteiger partial charge is 0.228 e. The Morgan fingerprint density at radius 2 is 1.91 bits per heavy atom. The average molecular weight is 348 g/mol. The SMILES string of the molecule is Cc1cc2occ(CC(=O)Nc3cc(Cl)ccc3C)c2cc1Cl. The van der Waals surface area contributed by atoms with E-state index in [1.807, 2.05) is 32.0 Å². The van der Waals surface area contributed by atoms with Gasteiger partial charge in [-0.15, -0.1) is 0 Å². The van der Waals surface area contributed by atoms with Crippen LogP contribution in [0.3, 0.4) is 0 Å². The normalized spacial score (nSPS) is 11.0. The molecule has 0 saturated heterocycles. The number of halogens is 2. The molecule has 3 nitrogen and oxygen atoms in total. The van der Waals surface area contributed by atoms with E-state index >= 15 is 0 Å². The lowest BCUT2D eigenvalue weighted by atomic mass is 10.1. The lowest BCUT2D eigenvalue weighted by Gasteiger charge is -2.08. The highest BCUT2D eigenvalue weighted by Crippen LogP contribution is 2.28. The minimum absolute atomic E-state index is 0.130. The first-order valence-corrected chi connectivity index (χ1v) is 7.92. The molecule has 1 N–H and O–H groups in total. The van der Waals surface area contributed by atoms with Crippen molar-refractivity contribution in [3.05, 3.63) is 63.3 Å². The molecule has 1 aromatic heterocycles. The Morgan fingerprint density at radius 3 is 2.70 bits per heavy atom. The van der Waals surface area contributed by atoms with Gasteiger partial charge in [-0.3, -0.25) is 4.79 Å². The van der Waals surface area contributed by atoms with Crippen LogP contribution in [-0.4, -0.2) is 5.91 Å². The fraction of sp³-hybridized carbons (Fsp3) is 0.167. The van der Waals surface area contributed by atoms with Crippen molar-refractivity contribution < 1.29 is 9.21 Å². The number of benzene rings is 2. The Morgan fingerprint density at radius 1 is 1.13 bits per heavy atom. The summed E-state index contributed by atoms with van der Waals surface area (Å²) in [4.78, 5) is 12.3. The molecule has 2 aromatic carbocycles. The van der Waals surface area contributed by atoms with Crippen LogP contribution in [0, 0.1) is 13.8 Å². The minimum atomic E-state index is -0.130. The molecule has 0 spiro atoms. The maximum absolute atomic E-state index is 12.3. The Bertz CT molecular complexity index is 899. The van der Waals surface area contributed by atoms with Crippen molar-refractivity contribution in [2.24, 2.45) is 0 Å². The number of carbonyl (C=O) groups excluding carboxylic acids is 1. The topological polar surface area (TPSA) is 42.2 Å². The summed E-state index contributed by atoms with van der Waals surface area (Å²) in [6.07, 6.45) is 1.81.